The molecule has 250 valence electrons. The van der Waals surface area contributed by atoms with Crippen LogP contribution in [0, 0.1) is 0 Å². The first-order valence-corrected chi connectivity index (χ1v) is 23.6. The van der Waals surface area contributed by atoms with E-state index < -0.39 is 16.9 Å². The molecule has 0 saturated heterocycles. The fraction of sp³-hybridized carbons (Fsp3) is 0.0204. The number of hydrogen-bond donors (Lipinski definition) is 0. The van der Waals surface area contributed by atoms with E-state index in [9.17, 15) is 0 Å². The number of nitrogens with zero attached hydrogens (tertiary/aromatic N) is 1. The van der Waals surface area contributed by atoms with Crippen LogP contribution in [-0.2, 0) is 0 Å². The van der Waals surface area contributed by atoms with Gasteiger partial charge in [-0.1, -0.05) is 163 Å². The van der Waals surface area contributed by atoms with Gasteiger partial charge in [-0.05, 0) is 84.6 Å². The summed E-state index contributed by atoms with van der Waals surface area (Å²) in [5.41, 5.74) is 9.31. The standard InChI is InChI=1S/C49H35NSSi2/c1-52-44-27-14-12-23-38(44)40-24-15-25-42(49(40)52)50(33-16-5-2-6-17-33)34-28-29-41-46(32-34)53(35-18-7-3-8-19-35,36-20-9-4-10-21-36)45-31-30-39-37-22-11-13-26-43(37)51-48(39)47(41)45/h2-32,52H,1H3. The lowest BCUT2D eigenvalue weighted by molar-refractivity contribution is 1.30. The molecule has 2 aliphatic heterocycles. The maximum Gasteiger partial charge on any atom is 0.181 e. The zero-order chi connectivity index (χ0) is 35.1. The van der Waals surface area contributed by atoms with Gasteiger partial charge in [0.25, 0.3) is 0 Å². The maximum atomic E-state index is 2.58. The van der Waals surface area contributed by atoms with Crippen molar-refractivity contribution in [3.8, 4) is 22.3 Å². The van der Waals surface area contributed by atoms with Crippen LogP contribution in [0.2, 0.25) is 6.55 Å². The van der Waals surface area contributed by atoms with Gasteiger partial charge in [-0.3, -0.25) is 0 Å². The highest BCUT2D eigenvalue weighted by atomic mass is 32.1. The average molecular weight is 726 g/mol. The molecule has 2 aliphatic rings. The second-order valence-corrected chi connectivity index (χ2v) is 21.8. The monoisotopic (exact) mass is 725 g/mol. The third kappa shape index (κ3) is 4.34. The zero-order valence-electron chi connectivity index (χ0n) is 29.3. The van der Waals surface area contributed by atoms with Gasteiger partial charge >= 0.3 is 0 Å². The van der Waals surface area contributed by atoms with Crippen molar-refractivity contribution >= 4 is 96.6 Å². The molecule has 1 nitrogen and oxygen atoms in total. The Morgan fingerprint density at radius 1 is 0.491 bits per heavy atom. The van der Waals surface area contributed by atoms with E-state index in [1.807, 2.05) is 11.3 Å². The van der Waals surface area contributed by atoms with Gasteiger partial charge in [-0.25, -0.2) is 0 Å². The Kier molecular flexibility index (Phi) is 6.90. The molecule has 4 heteroatoms. The molecule has 1 atom stereocenters. The number of fused-ring (bicyclic) bond motifs is 10. The number of thiophene rings is 1. The molecular weight excluding hydrogens is 691 g/mol. The summed E-state index contributed by atoms with van der Waals surface area (Å²) in [6, 6.07) is 71.2. The molecule has 0 bridgehead atoms. The Labute approximate surface area is 316 Å². The minimum Gasteiger partial charge on any atom is -0.311 e. The molecular formula is C49H35NSSi2. The Hall–Kier alpha value is -5.79. The summed E-state index contributed by atoms with van der Waals surface area (Å²) >= 11 is 1.95. The van der Waals surface area contributed by atoms with Crippen molar-refractivity contribution in [3.05, 3.63) is 188 Å². The van der Waals surface area contributed by atoms with Gasteiger partial charge in [0.05, 0.1) is 0 Å². The molecule has 1 aromatic heterocycles. The van der Waals surface area contributed by atoms with E-state index in [1.165, 1.54) is 85.4 Å². The van der Waals surface area contributed by atoms with Crippen LogP contribution in [0.5, 0.6) is 0 Å². The SMILES string of the molecule is C[SiH]1c2ccccc2-c2cccc(N(c3ccccc3)c3ccc4c(c3)[Si](c3ccccc3)(c3ccccc3)c3ccc5c(sc6ccccc65)c3-4)c21. The second kappa shape index (κ2) is 11.9. The summed E-state index contributed by atoms with van der Waals surface area (Å²) in [5.74, 6) is 0. The number of hydrogen-bond acceptors (Lipinski definition) is 2. The fourth-order valence-electron chi connectivity index (χ4n) is 9.60. The Morgan fingerprint density at radius 3 is 1.92 bits per heavy atom. The van der Waals surface area contributed by atoms with Gasteiger partial charge in [-0.15, -0.1) is 11.3 Å². The van der Waals surface area contributed by atoms with Gasteiger partial charge in [0, 0.05) is 37.2 Å². The lowest BCUT2D eigenvalue weighted by Crippen LogP contribution is -2.72. The van der Waals surface area contributed by atoms with Gasteiger partial charge in [-0.2, -0.15) is 0 Å². The highest BCUT2D eigenvalue weighted by Gasteiger charge is 2.50. The van der Waals surface area contributed by atoms with E-state index in [0.29, 0.717) is 0 Å². The van der Waals surface area contributed by atoms with Crippen molar-refractivity contribution in [2.75, 3.05) is 4.90 Å². The van der Waals surface area contributed by atoms with Crippen LogP contribution in [0.25, 0.3) is 42.4 Å². The van der Waals surface area contributed by atoms with Crippen LogP contribution >= 0.6 is 11.3 Å². The van der Waals surface area contributed by atoms with E-state index in [-0.39, 0.29) is 0 Å². The van der Waals surface area contributed by atoms with Gasteiger partial charge < -0.3 is 4.90 Å². The molecule has 3 heterocycles. The van der Waals surface area contributed by atoms with Crippen molar-refractivity contribution in [2.45, 2.75) is 6.55 Å². The Balaban J connectivity index is 1.24. The summed E-state index contributed by atoms with van der Waals surface area (Å²) in [5, 5.41) is 11.6. The normalized spacial score (nSPS) is 14.8. The van der Waals surface area contributed by atoms with Crippen molar-refractivity contribution in [1.82, 2.24) is 0 Å². The van der Waals surface area contributed by atoms with Crippen LogP contribution in [0.4, 0.5) is 17.1 Å². The van der Waals surface area contributed by atoms with E-state index >= 15 is 0 Å². The summed E-state index contributed by atoms with van der Waals surface area (Å²) in [6.07, 6.45) is 0. The maximum absolute atomic E-state index is 2.77. The highest BCUT2D eigenvalue weighted by Crippen LogP contribution is 2.44. The third-order valence-electron chi connectivity index (χ3n) is 11.8. The van der Waals surface area contributed by atoms with Crippen molar-refractivity contribution in [1.29, 1.82) is 0 Å². The first-order valence-electron chi connectivity index (χ1n) is 18.5. The van der Waals surface area contributed by atoms with Gasteiger partial charge in [0.15, 0.2) is 8.07 Å². The van der Waals surface area contributed by atoms with Crippen LogP contribution in [0.3, 0.4) is 0 Å². The first-order chi connectivity index (χ1) is 26.2. The van der Waals surface area contributed by atoms with Crippen LogP contribution < -0.4 is 36.0 Å². The molecule has 9 aromatic rings. The highest BCUT2D eigenvalue weighted by molar-refractivity contribution is 7.28. The zero-order valence-corrected chi connectivity index (χ0v) is 32.3. The summed E-state index contributed by atoms with van der Waals surface area (Å²) < 4.78 is 2.75. The van der Waals surface area contributed by atoms with Crippen molar-refractivity contribution in [2.24, 2.45) is 0 Å². The number of benzene rings is 8. The lowest BCUT2D eigenvalue weighted by atomic mass is 10.0. The van der Waals surface area contributed by atoms with Crippen LogP contribution in [0.15, 0.2) is 188 Å². The van der Waals surface area contributed by atoms with Crippen LogP contribution in [0.1, 0.15) is 0 Å². The average Bonchev–Trinajstić information content (AvgIpc) is 3.85. The largest absolute Gasteiger partial charge is 0.311 e. The van der Waals surface area contributed by atoms with E-state index in [4.69, 9.17) is 0 Å². The molecule has 0 fully saturated rings. The second-order valence-electron chi connectivity index (χ2n) is 14.4. The molecule has 1 unspecified atom stereocenters. The van der Waals surface area contributed by atoms with Crippen molar-refractivity contribution in [3.63, 3.8) is 0 Å². The number of para-hydroxylation sites is 1. The molecule has 0 saturated carbocycles. The van der Waals surface area contributed by atoms with E-state index in [2.05, 4.69) is 200 Å². The summed E-state index contributed by atoms with van der Waals surface area (Å²) in [6.45, 7) is 2.51. The fourth-order valence-corrected chi connectivity index (χ4v) is 19.0. The predicted molar refractivity (Wildman–Crippen MR) is 234 cm³/mol. The molecule has 0 radical (unpaired) electrons. The lowest BCUT2D eigenvalue weighted by Gasteiger charge is -2.33. The molecule has 53 heavy (non-hydrogen) atoms. The predicted octanol–water partition coefficient (Wildman–Crippen LogP) is 8.83. The number of anilines is 3. The van der Waals surface area contributed by atoms with Crippen LogP contribution in [-0.4, -0.2) is 16.9 Å². The summed E-state index contributed by atoms with van der Waals surface area (Å²) in [4.78, 5) is 2.56. The minimum absolute atomic E-state index is 1.19. The van der Waals surface area contributed by atoms with Crippen molar-refractivity contribution < 1.29 is 0 Å². The van der Waals surface area contributed by atoms with Gasteiger partial charge in [0.2, 0.25) is 0 Å². The Bertz CT molecular complexity index is 2820. The molecule has 11 rings (SSSR count). The van der Waals surface area contributed by atoms with Gasteiger partial charge in [0.1, 0.15) is 8.80 Å². The molecule has 8 aromatic carbocycles. The smallest absolute Gasteiger partial charge is 0.181 e. The molecule has 0 amide bonds. The molecule has 0 N–H and O–H groups in total. The van der Waals surface area contributed by atoms with E-state index in [0.717, 1.165) is 0 Å². The Morgan fingerprint density at radius 2 is 1.15 bits per heavy atom. The topological polar surface area (TPSA) is 3.24 Å². The minimum atomic E-state index is -2.77. The quantitative estimate of drug-likeness (QED) is 0.160. The number of rotatable bonds is 5. The molecule has 0 spiro atoms. The first kappa shape index (κ1) is 30.8. The third-order valence-corrected chi connectivity index (χ3v) is 20.7. The summed E-state index contributed by atoms with van der Waals surface area (Å²) in [7, 11) is -4.22. The van der Waals surface area contributed by atoms with E-state index in [1.54, 1.807) is 5.19 Å². The molecule has 0 aliphatic carbocycles.